The number of rotatable bonds is 6. The number of ether oxygens (including phenoxy) is 3. The van der Waals surface area contributed by atoms with Gasteiger partial charge in [0.25, 0.3) is 0 Å². The van der Waals surface area contributed by atoms with E-state index in [1.807, 2.05) is 37.2 Å². The van der Waals surface area contributed by atoms with Crippen molar-refractivity contribution >= 4 is 12.0 Å². The summed E-state index contributed by atoms with van der Waals surface area (Å²) in [4.78, 5) is 27.7. The molecule has 0 saturated carbocycles. The van der Waals surface area contributed by atoms with Crippen LogP contribution in [-0.4, -0.2) is 68.9 Å². The molecule has 1 saturated heterocycles. The first-order valence-electron chi connectivity index (χ1n) is 8.31. The predicted octanol–water partition coefficient (Wildman–Crippen LogP) is 0.976. The van der Waals surface area contributed by atoms with Crippen molar-refractivity contribution in [2.45, 2.75) is 12.5 Å². The Morgan fingerprint density at radius 3 is 2.84 bits per heavy atom. The van der Waals surface area contributed by atoms with Crippen molar-refractivity contribution in [1.29, 1.82) is 0 Å². The fraction of sp³-hybridized carbons (Fsp3) is 0.529. The van der Waals surface area contributed by atoms with E-state index in [4.69, 9.17) is 14.2 Å². The molecule has 1 N–H and O–H groups in total. The van der Waals surface area contributed by atoms with E-state index in [0.717, 1.165) is 12.0 Å². The Hall–Kier alpha value is -2.48. The van der Waals surface area contributed by atoms with Crippen molar-refractivity contribution in [2.75, 3.05) is 47.1 Å². The molecule has 1 atom stereocenters. The van der Waals surface area contributed by atoms with Gasteiger partial charge in [-0.05, 0) is 38.2 Å². The van der Waals surface area contributed by atoms with Crippen LogP contribution in [0.5, 0.6) is 11.5 Å². The molecule has 0 aromatic heterocycles. The Kier molecular flexibility index (Phi) is 5.28. The van der Waals surface area contributed by atoms with Gasteiger partial charge in [-0.25, -0.2) is 4.79 Å². The summed E-state index contributed by atoms with van der Waals surface area (Å²) in [5.41, 5.74) is 0.823. The molecule has 0 aliphatic carbocycles. The van der Waals surface area contributed by atoms with Gasteiger partial charge in [0.2, 0.25) is 12.7 Å². The van der Waals surface area contributed by atoms with Crippen molar-refractivity contribution in [3.05, 3.63) is 23.8 Å². The second-order valence-electron chi connectivity index (χ2n) is 6.22. The third-order valence-electron chi connectivity index (χ3n) is 4.21. The van der Waals surface area contributed by atoms with Crippen LogP contribution in [-0.2, 0) is 9.53 Å². The minimum absolute atomic E-state index is 0.130. The van der Waals surface area contributed by atoms with E-state index in [2.05, 4.69) is 5.32 Å². The second-order valence-corrected chi connectivity index (χ2v) is 6.22. The Balaban J connectivity index is 1.60. The topological polar surface area (TPSA) is 80.3 Å². The summed E-state index contributed by atoms with van der Waals surface area (Å²) in [5, 5.41) is 2.90. The van der Waals surface area contributed by atoms with Crippen molar-refractivity contribution < 1.29 is 23.8 Å². The number of carbonyl (C=O) groups is 2. The SMILES string of the molecule is CN(C)[C@@H](C(=O)NCCN1CCCOC1=O)c1ccc2c(c1)OCO2. The Morgan fingerprint density at radius 2 is 2.08 bits per heavy atom. The largest absolute Gasteiger partial charge is 0.454 e. The van der Waals surface area contributed by atoms with E-state index in [1.165, 1.54) is 0 Å². The highest BCUT2D eigenvalue weighted by molar-refractivity contribution is 5.83. The summed E-state index contributed by atoms with van der Waals surface area (Å²) in [5.74, 6) is 1.20. The molecule has 0 unspecified atom stereocenters. The van der Waals surface area contributed by atoms with Crippen LogP contribution in [0.15, 0.2) is 18.2 Å². The smallest absolute Gasteiger partial charge is 0.409 e. The third kappa shape index (κ3) is 3.96. The summed E-state index contributed by atoms with van der Waals surface area (Å²) in [6.45, 7) is 2.14. The van der Waals surface area contributed by atoms with Crippen molar-refractivity contribution in [1.82, 2.24) is 15.1 Å². The number of fused-ring (bicyclic) bond motifs is 1. The molecule has 0 radical (unpaired) electrons. The van der Waals surface area contributed by atoms with E-state index in [9.17, 15) is 9.59 Å². The fourth-order valence-corrected chi connectivity index (χ4v) is 2.98. The average molecular weight is 349 g/mol. The molecule has 0 bridgehead atoms. The second kappa shape index (κ2) is 7.60. The maximum atomic E-state index is 12.6. The molecule has 2 aliphatic rings. The number of hydrogen-bond donors (Lipinski definition) is 1. The van der Waals surface area contributed by atoms with Gasteiger partial charge < -0.3 is 24.4 Å². The highest BCUT2D eigenvalue weighted by Gasteiger charge is 2.26. The summed E-state index contributed by atoms with van der Waals surface area (Å²) in [7, 11) is 3.69. The molecule has 2 amide bonds. The quantitative estimate of drug-likeness (QED) is 0.825. The van der Waals surface area contributed by atoms with E-state index in [0.29, 0.717) is 37.7 Å². The van der Waals surface area contributed by atoms with Crippen LogP contribution in [0.2, 0.25) is 0 Å². The molecule has 25 heavy (non-hydrogen) atoms. The fourth-order valence-electron chi connectivity index (χ4n) is 2.98. The highest BCUT2D eigenvalue weighted by Crippen LogP contribution is 2.35. The molecule has 3 rings (SSSR count). The maximum Gasteiger partial charge on any atom is 0.409 e. The van der Waals surface area contributed by atoms with Gasteiger partial charge >= 0.3 is 6.09 Å². The molecule has 1 fully saturated rings. The molecule has 136 valence electrons. The Labute approximate surface area is 146 Å². The highest BCUT2D eigenvalue weighted by atomic mass is 16.7. The molecule has 1 aromatic carbocycles. The average Bonchev–Trinajstić information content (AvgIpc) is 3.04. The standard InChI is InChI=1S/C17H23N3O5/c1-19(2)15(12-4-5-13-14(10-12)25-11-24-13)16(21)18-6-8-20-7-3-9-23-17(20)22/h4-5,10,15H,3,6-9,11H2,1-2H3,(H,18,21)/t15-/m1/s1. The predicted molar refractivity (Wildman–Crippen MR) is 89.5 cm³/mol. The first-order valence-corrected chi connectivity index (χ1v) is 8.31. The molecule has 8 nitrogen and oxygen atoms in total. The number of benzene rings is 1. The zero-order valence-corrected chi connectivity index (χ0v) is 14.5. The summed E-state index contributed by atoms with van der Waals surface area (Å²) >= 11 is 0. The van der Waals surface area contributed by atoms with Gasteiger partial charge in [-0.2, -0.15) is 0 Å². The molecule has 8 heteroatoms. The summed E-state index contributed by atoms with van der Waals surface area (Å²) in [6, 6.07) is 5.04. The molecule has 1 aromatic rings. The number of nitrogens with one attached hydrogen (secondary N) is 1. The minimum Gasteiger partial charge on any atom is -0.454 e. The van der Waals surface area contributed by atoms with Gasteiger partial charge in [-0.15, -0.1) is 0 Å². The van der Waals surface area contributed by atoms with Crippen LogP contribution < -0.4 is 14.8 Å². The molecule has 2 heterocycles. The third-order valence-corrected chi connectivity index (χ3v) is 4.21. The van der Waals surface area contributed by atoms with Crippen LogP contribution in [0.1, 0.15) is 18.0 Å². The summed E-state index contributed by atoms with van der Waals surface area (Å²) in [6.07, 6.45) is 0.498. The lowest BCUT2D eigenvalue weighted by Crippen LogP contribution is -2.44. The lowest BCUT2D eigenvalue weighted by Gasteiger charge is -2.27. The van der Waals surface area contributed by atoms with E-state index >= 15 is 0 Å². The van der Waals surface area contributed by atoms with Gasteiger partial charge in [0.15, 0.2) is 11.5 Å². The summed E-state index contributed by atoms with van der Waals surface area (Å²) < 4.78 is 15.7. The molecular formula is C17H23N3O5. The lowest BCUT2D eigenvalue weighted by molar-refractivity contribution is -0.125. The Morgan fingerprint density at radius 1 is 1.28 bits per heavy atom. The first-order chi connectivity index (χ1) is 12.1. The van der Waals surface area contributed by atoms with E-state index in [1.54, 1.807) is 4.90 Å². The Bertz CT molecular complexity index is 649. The van der Waals surface area contributed by atoms with Crippen molar-refractivity contribution in [2.24, 2.45) is 0 Å². The minimum atomic E-state index is -0.456. The van der Waals surface area contributed by atoms with E-state index in [-0.39, 0.29) is 18.8 Å². The molecule has 0 spiro atoms. The van der Waals surface area contributed by atoms with E-state index < -0.39 is 6.04 Å². The van der Waals surface area contributed by atoms with Gasteiger partial charge in [-0.3, -0.25) is 9.69 Å². The number of cyclic esters (lactones) is 1. The van der Waals surface area contributed by atoms with Crippen molar-refractivity contribution in [3.63, 3.8) is 0 Å². The number of amides is 2. The van der Waals surface area contributed by atoms with Crippen LogP contribution in [0.4, 0.5) is 4.79 Å². The van der Waals surface area contributed by atoms with Crippen LogP contribution in [0.25, 0.3) is 0 Å². The zero-order chi connectivity index (χ0) is 17.8. The van der Waals surface area contributed by atoms with Crippen molar-refractivity contribution in [3.8, 4) is 11.5 Å². The molecule has 2 aliphatic heterocycles. The monoisotopic (exact) mass is 349 g/mol. The lowest BCUT2D eigenvalue weighted by atomic mass is 10.0. The van der Waals surface area contributed by atoms with Gasteiger partial charge in [-0.1, -0.05) is 6.07 Å². The molecular weight excluding hydrogens is 326 g/mol. The van der Waals surface area contributed by atoms with Crippen LogP contribution in [0, 0.1) is 0 Å². The van der Waals surface area contributed by atoms with Gasteiger partial charge in [0, 0.05) is 19.6 Å². The van der Waals surface area contributed by atoms with Crippen LogP contribution in [0.3, 0.4) is 0 Å². The first kappa shape index (κ1) is 17.3. The van der Waals surface area contributed by atoms with Gasteiger partial charge in [0.05, 0.1) is 6.61 Å². The van der Waals surface area contributed by atoms with Crippen LogP contribution >= 0.6 is 0 Å². The zero-order valence-electron chi connectivity index (χ0n) is 14.5. The number of carbonyl (C=O) groups excluding carboxylic acids is 2. The maximum absolute atomic E-state index is 12.6. The number of nitrogens with zero attached hydrogens (tertiary/aromatic N) is 2. The number of likely N-dealkylation sites (N-methyl/N-ethyl adjacent to an activating group) is 1. The normalized spacial score (nSPS) is 17.4. The van der Waals surface area contributed by atoms with Gasteiger partial charge in [0.1, 0.15) is 6.04 Å². The number of hydrogen-bond acceptors (Lipinski definition) is 6.